The molecule has 0 saturated carbocycles. The van der Waals surface area contributed by atoms with Crippen molar-refractivity contribution >= 4 is 0 Å². The Morgan fingerprint density at radius 3 is 2.31 bits per heavy atom. The highest BCUT2D eigenvalue weighted by Crippen LogP contribution is 2.09. The van der Waals surface area contributed by atoms with Gasteiger partial charge in [-0.2, -0.15) is 5.10 Å². The van der Waals surface area contributed by atoms with Gasteiger partial charge in [-0.1, -0.05) is 0 Å². The molecule has 0 fully saturated rings. The van der Waals surface area contributed by atoms with Gasteiger partial charge in [-0.15, -0.1) is 0 Å². The van der Waals surface area contributed by atoms with Crippen molar-refractivity contribution in [3.63, 3.8) is 0 Å². The first kappa shape index (κ1) is 9.96. The molecule has 1 rings (SSSR count). The van der Waals surface area contributed by atoms with Crippen LogP contribution in [0.4, 0.5) is 0 Å². The summed E-state index contributed by atoms with van der Waals surface area (Å²) in [6.07, 6.45) is 1.74. The highest BCUT2D eigenvalue weighted by Gasteiger charge is 2.16. The second kappa shape index (κ2) is 2.98. The van der Waals surface area contributed by atoms with Crippen molar-refractivity contribution in [3.05, 3.63) is 27.7 Å². The minimum Gasteiger partial charge on any atom is -0.267 e. The molecular formula is C10H16N2O. The molecular weight excluding hydrogens is 164 g/mol. The zero-order valence-electron chi connectivity index (χ0n) is 8.88. The summed E-state index contributed by atoms with van der Waals surface area (Å²) in [4.78, 5) is 11.7. The first-order valence-electron chi connectivity index (χ1n) is 4.40. The molecule has 1 aromatic heterocycles. The van der Waals surface area contributed by atoms with Crippen LogP contribution in [0.25, 0.3) is 0 Å². The Kier molecular flexibility index (Phi) is 2.28. The van der Waals surface area contributed by atoms with Crippen LogP contribution in [-0.4, -0.2) is 9.78 Å². The molecule has 13 heavy (non-hydrogen) atoms. The molecule has 0 aromatic carbocycles. The zero-order chi connectivity index (χ0) is 10.2. The van der Waals surface area contributed by atoms with Gasteiger partial charge in [-0.05, 0) is 40.2 Å². The summed E-state index contributed by atoms with van der Waals surface area (Å²) < 4.78 is 1.52. The molecule has 0 aliphatic rings. The van der Waals surface area contributed by atoms with Gasteiger partial charge in [0.05, 0.1) is 11.7 Å². The second-order valence-corrected chi connectivity index (χ2v) is 4.34. The fourth-order valence-electron chi connectivity index (χ4n) is 1.10. The van der Waals surface area contributed by atoms with Gasteiger partial charge in [0.15, 0.2) is 0 Å². The van der Waals surface area contributed by atoms with E-state index in [1.54, 1.807) is 6.20 Å². The van der Waals surface area contributed by atoms with E-state index in [9.17, 15) is 4.79 Å². The highest BCUT2D eigenvalue weighted by atomic mass is 16.1. The summed E-state index contributed by atoms with van der Waals surface area (Å²) in [5.74, 6) is 0. The third kappa shape index (κ3) is 1.79. The molecule has 0 aliphatic heterocycles. The molecule has 0 spiro atoms. The Balaban J connectivity index is 3.44. The van der Waals surface area contributed by atoms with E-state index in [0.717, 1.165) is 11.1 Å². The predicted molar refractivity (Wildman–Crippen MR) is 53.0 cm³/mol. The molecule has 72 valence electrons. The van der Waals surface area contributed by atoms with Crippen molar-refractivity contribution in [2.45, 2.75) is 40.2 Å². The van der Waals surface area contributed by atoms with Crippen LogP contribution in [0.2, 0.25) is 0 Å². The van der Waals surface area contributed by atoms with Gasteiger partial charge < -0.3 is 0 Å². The third-order valence-corrected chi connectivity index (χ3v) is 2.11. The van der Waals surface area contributed by atoms with Crippen LogP contribution in [-0.2, 0) is 5.54 Å². The number of nitrogens with zero attached hydrogens (tertiary/aromatic N) is 2. The minimum absolute atomic E-state index is 0.00694. The number of rotatable bonds is 0. The Hall–Kier alpha value is -1.12. The topological polar surface area (TPSA) is 34.9 Å². The van der Waals surface area contributed by atoms with Crippen LogP contribution >= 0.6 is 0 Å². The minimum atomic E-state index is -0.241. The second-order valence-electron chi connectivity index (χ2n) is 4.34. The van der Waals surface area contributed by atoms with Crippen molar-refractivity contribution in [1.29, 1.82) is 0 Å². The van der Waals surface area contributed by atoms with Crippen molar-refractivity contribution in [1.82, 2.24) is 9.78 Å². The molecule has 0 saturated heterocycles. The molecule has 0 amide bonds. The molecule has 0 aliphatic carbocycles. The molecule has 0 atom stereocenters. The van der Waals surface area contributed by atoms with Crippen molar-refractivity contribution < 1.29 is 0 Å². The monoisotopic (exact) mass is 180 g/mol. The number of hydrogen-bond donors (Lipinski definition) is 0. The van der Waals surface area contributed by atoms with E-state index in [1.165, 1.54) is 4.68 Å². The van der Waals surface area contributed by atoms with Gasteiger partial charge in [0.2, 0.25) is 0 Å². The van der Waals surface area contributed by atoms with Gasteiger partial charge in [-0.25, -0.2) is 4.68 Å². The summed E-state index contributed by atoms with van der Waals surface area (Å²) in [5.41, 5.74) is 1.50. The maximum atomic E-state index is 11.7. The van der Waals surface area contributed by atoms with Gasteiger partial charge in [-0.3, -0.25) is 4.79 Å². The summed E-state index contributed by atoms with van der Waals surface area (Å²) in [5, 5.41) is 4.11. The van der Waals surface area contributed by atoms with E-state index in [4.69, 9.17) is 0 Å². The summed E-state index contributed by atoms with van der Waals surface area (Å²) >= 11 is 0. The van der Waals surface area contributed by atoms with E-state index >= 15 is 0 Å². The Bertz CT molecular complexity index is 371. The van der Waals surface area contributed by atoms with Crippen LogP contribution in [0.1, 0.15) is 31.9 Å². The fourth-order valence-corrected chi connectivity index (χ4v) is 1.10. The lowest BCUT2D eigenvalue weighted by molar-refractivity contribution is 0.336. The Morgan fingerprint density at radius 1 is 1.31 bits per heavy atom. The van der Waals surface area contributed by atoms with Crippen molar-refractivity contribution in [3.8, 4) is 0 Å². The summed E-state index contributed by atoms with van der Waals surface area (Å²) in [6, 6.07) is 0. The average molecular weight is 180 g/mol. The van der Waals surface area contributed by atoms with Gasteiger partial charge in [0.1, 0.15) is 0 Å². The van der Waals surface area contributed by atoms with Crippen LogP contribution in [0.15, 0.2) is 11.0 Å². The standard InChI is InChI=1S/C10H16N2O/c1-7-6-11-12(10(3,4)5)9(13)8(7)2/h6H,1-5H3. The lowest BCUT2D eigenvalue weighted by atomic mass is 10.1. The highest BCUT2D eigenvalue weighted by molar-refractivity contribution is 5.17. The molecule has 0 radical (unpaired) electrons. The molecule has 1 heterocycles. The summed E-state index contributed by atoms with van der Waals surface area (Å²) in [6.45, 7) is 9.64. The maximum absolute atomic E-state index is 11.7. The van der Waals surface area contributed by atoms with Gasteiger partial charge >= 0.3 is 0 Å². The van der Waals surface area contributed by atoms with E-state index in [0.29, 0.717) is 0 Å². The van der Waals surface area contributed by atoms with E-state index < -0.39 is 0 Å². The lowest BCUT2D eigenvalue weighted by Gasteiger charge is -2.21. The Morgan fingerprint density at radius 2 is 1.85 bits per heavy atom. The van der Waals surface area contributed by atoms with Crippen LogP contribution in [0, 0.1) is 13.8 Å². The van der Waals surface area contributed by atoms with Crippen molar-refractivity contribution in [2.24, 2.45) is 0 Å². The quantitative estimate of drug-likeness (QED) is 0.608. The normalized spacial score (nSPS) is 11.8. The summed E-state index contributed by atoms with van der Waals surface area (Å²) in [7, 11) is 0. The lowest BCUT2D eigenvalue weighted by Crippen LogP contribution is -2.37. The average Bonchev–Trinajstić information content (AvgIpc) is 1.98. The zero-order valence-corrected chi connectivity index (χ0v) is 8.88. The fraction of sp³-hybridized carbons (Fsp3) is 0.600. The Labute approximate surface area is 78.4 Å². The predicted octanol–water partition coefficient (Wildman–Crippen LogP) is 1.62. The van der Waals surface area contributed by atoms with Crippen molar-refractivity contribution in [2.75, 3.05) is 0 Å². The van der Waals surface area contributed by atoms with E-state index in [-0.39, 0.29) is 11.1 Å². The third-order valence-electron chi connectivity index (χ3n) is 2.11. The SMILES string of the molecule is Cc1cnn(C(C)(C)C)c(=O)c1C. The van der Waals surface area contributed by atoms with E-state index in [2.05, 4.69) is 5.10 Å². The van der Waals surface area contributed by atoms with Gasteiger partial charge in [0.25, 0.3) is 5.56 Å². The molecule has 3 nitrogen and oxygen atoms in total. The first-order chi connectivity index (χ1) is 5.84. The molecule has 0 unspecified atom stereocenters. The van der Waals surface area contributed by atoms with E-state index in [1.807, 2.05) is 34.6 Å². The van der Waals surface area contributed by atoms with Crippen LogP contribution in [0.3, 0.4) is 0 Å². The number of aryl methyl sites for hydroxylation is 1. The smallest absolute Gasteiger partial charge is 0.267 e. The van der Waals surface area contributed by atoms with Crippen LogP contribution in [0.5, 0.6) is 0 Å². The largest absolute Gasteiger partial charge is 0.270 e. The first-order valence-corrected chi connectivity index (χ1v) is 4.40. The molecule has 0 bridgehead atoms. The van der Waals surface area contributed by atoms with Gasteiger partial charge in [0, 0.05) is 5.56 Å². The van der Waals surface area contributed by atoms with Crippen LogP contribution < -0.4 is 5.56 Å². The number of aromatic nitrogens is 2. The molecule has 0 N–H and O–H groups in total. The molecule has 3 heteroatoms. The number of hydrogen-bond acceptors (Lipinski definition) is 2. The maximum Gasteiger partial charge on any atom is 0.270 e. The molecule has 1 aromatic rings.